The summed E-state index contributed by atoms with van der Waals surface area (Å²) in [5.41, 5.74) is 25.7. The van der Waals surface area contributed by atoms with Gasteiger partial charge in [-0.1, -0.05) is 207 Å². The fraction of sp³-hybridized carbons (Fsp3) is 0.0556. The zero-order valence-electron chi connectivity index (χ0n) is 31.2. The third-order valence-corrected chi connectivity index (χ3v) is 11.8. The third kappa shape index (κ3) is 5.37. The summed E-state index contributed by atoms with van der Waals surface area (Å²) in [6.45, 7) is 2.20. The van der Waals surface area contributed by atoms with E-state index in [9.17, 15) is 0 Å². The smallest absolute Gasteiger partial charge is 0.131 e. The van der Waals surface area contributed by atoms with Gasteiger partial charge in [0, 0.05) is 11.5 Å². The van der Waals surface area contributed by atoms with Gasteiger partial charge < -0.3 is 5.73 Å². The lowest BCUT2D eigenvalue weighted by Gasteiger charge is -2.30. The molecule has 0 heterocycles. The second kappa shape index (κ2) is 13.7. The van der Waals surface area contributed by atoms with Gasteiger partial charge in [0.05, 0.1) is 11.1 Å². The van der Waals surface area contributed by atoms with E-state index in [1.807, 2.05) is 30.3 Å². The van der Waals surface area contributed by atoms with E-state index >= 15 is 0 Å². The van der Waals surface area contributed by atoms with Crippen molar-refractivity contribution in [1.29, 1.82) is 0 Å². The van der Waals surface area contributed by atoms with Crippen LogP contribution in [0.4, 0.5) is 0 Å². The zero-order valence-corrected chi connectivity index (χ0v) is 31.2. The Morgan fingerprint density at radius 1 is 0.464 bits per heavy atom. The first-order valence-electron chi connectivity index (χ1n) is 19.4. The van der Waals surface area contributed by atoms with Crippen LogP contribution in [0.1, 0.15) is 51.8 Å². The summed E-state index contributed by atoms with van der Waals surface area (Å²) in [4.78, 5) is 5.00. The van der Waals surface area contributed by atoms with Gasteiger partial charge in [-0.25, -0.2) is 4.99 Å². The Morgan fingerprint density at radius 2 is 0.982 bits per heavy atom. The molecular weight excluding hydrogens is 677 g/mol. The summed E-state index contributed by atoms with van der Waals surface area (Å²) in [5, 5.41) is 0. The second-order valence-corrected chi connectivity index (χ2v) is 14.9. The van der Waals surface area contributed by atoms with Crippen molar-refractivity contribution in [2.45, 2.75) is 18.3 Å². The van der Waals surface area contributed by atoms with Gasteiger partial charge in [0.25, 0.3) is 0 Å². The molecular formula is C54H40N2. The highest BCUT2D eigenvalue weighted by Crippen LogP contribution is 2.63. The number of nitrogens with zero attached hydrogens (tertiary/aromatic N) is 1. The number of fused-ring (bicyclic) bond motifs is 10. The molecule has 266 valence electrons. The molecule has 2 nitrogen and oxygen atoms in total. The highest BCUT2D eigenvalue weighted by Gasteiger charge is 2.51. The molecule has 0 saturated carbocycles. The lowest BCUT2D eigenvalue weighted by molar-refractivity contribution is 0.794. The summed E-state index contributed by atoms with van der Waals surface area (Å²) in [6.07, 6.45) is 2.21. The van der Waals surface area contributed by atoms with E-state index in [0.717, 1.165) is 22.4 Å². The van der Waals surface area contributed by atoms with Crippen LogP contribution in [-0.4, -0.2) is 5.84 Å². The van der Waals surface area contributed by atoms with Gasteiger partial charge in [-0.15, -0.1) is 0 Å². The highest BCUT2D eigenvalue weighted by molar-refractivity contribution is 6.01. The maximum absolute atomic E-state index is 6.60. The molecule has 1 unspecified atom stereocenters. The van der Waals surface area contributed by atoms with E-state index in [-0.39, 0.29) is 11.3 Å². The molecule has 2 heteroatoms. The average Bonchev–Trinajstić information content (AvgIpc) is 3.74. The minimum Gasteiger partial charge on any atom is -0.383 e. The maximum Gasteiger partial charge on any atom is 0.131 e. The van der Waals surface area contributed by atoms with E-state index in [1.54, 1.807) is 0 Å². The number of amidine groups is 1. The quantitative estimate of drug-likeness (QED) is 0.129. The van der Waals surface area contributed by atoms with Crippen LogP contribution >= 0.6 is 0 Å². The van der Waals surface area contributed by atoms with Crippen LogP contribution in [0.3, 0.4) is 0 Å². The Labute approximate surface area is 329 Å². The Hall–Kier alpha value is -7.03. The van der Waals surface area contributed by atoms with Crippen LogP contribution in [0.2, 0.25) is 0 Å². The van der Waals surface area contributed by atoms with Gasteiger partial charge in [-0.3, -0.25) is 0 Å². The molecule has 0 amide bonds. The first-order valence-corrected chi connectivity index (χ1v) is 19.4. The SMILES string of the molecule is CC(/C=C(\N=C(N)c1ccccc1)c1ccc(-c2cccc(-c3cccc4c3-c3ccccc3C43c4ccccc4-c4ccccc43)c2)cc1)c1ccccc1. The topological polar surface area (TPSA) is 38.4 Å². The van der Waals surface area contributed by atoms with Crippen LogP contribution in [0.25, 0.3) is 50.2 Å². The molecule has 0 aromatic heterocycles. The Bertz CT molecular complexity index is 2760. The molecule has 0 radical (unpaired) electrons. The molecule has 0 fully saturated rings. The molecule has 1 atom stereocenters. The molecule has 8 aromatic carbocycles. The van der Waals surface area contributed by atoms with E-state index in [2.05, 4.69) is 183 Å². The van der Waals surface area contributed by atoms with E-state index < -0.39 is 0 Å². The van der Waals surface area contributed by atoms with Crippen LogP contribution in [0, 0.1) is 0 Å². The molecule has 0 bridgehead atoms. The number of nitrogens with two attached hydrogens (primary N) is 1. The number of rotatable bonds is 7. The maximum atomic E-state index is 6.60. The normalized spacial score (nSPS) is 14.2. The molecule has 56 heavy (non-hydrogen) atoms. The minimum absolute atomic E-state index is 0.151. The summed E-state index contributed by atoms with van der Waals surface area (Å²) in [5.74, 6) is 0.648. The van der Waals surface area contributed by atoms with E-state index in [4.69, 9.17) is 10.7 Å². The van der Waals surface area contributed by atoms with Crippen LogP contribution in [0.15, 0.2) is 211 Å². The molecule has 2 aliphatic rings. The summed E-state index contributed by atoms with van der Waals surface area (Å²) in [7, 11) is 0. The predicted molar refractivity (Wildman–Crippen MR) is 234 cm³/mol. The molecule has 10 rings (SSSR count). The fourth-order valence-electron chi connectivity index (χ4n) is 9.17. The van der Waals surface area contributed by atoms with Crippen molar-refractivity contribution in [2.75, 3.05) is 0 Å². The number of allylic oxidation sites excluding steroid dienone is 1. The van der Waals surface area contributed by atoms with Gasteiger partial charge >= 0.3 is 0 Å². The van der Waals surface area contributed by atoms with Crippen molar-refractivity contribution in [3.8, 4) is 44.5 Å². The molecule has 0 saturated heterocycles. The summed E-state index contributed by atoms with van der Waals surface area (Å²) >= 11 is 0. The van der Waals surface area contributed by atoms with Crippen molar-refractivity contribution in [3.05, 3.63) is 245 Å². The molecule has 2 aliphatic carbocycles. The monoisotopic (exact) mass is 716 g/mol. The first kappa shape index (κ1) is 33.5. The van der Waals surface area contributed by atoms with Crippen molar-refractivity contribution in [2.24, 2.45) is 10.7 Å². The van der Waals surface area contributed by atoms with Gasteiger partial charge in [0.15, 0.2) is 0 Å². The van der Waals surface area contributed by atoms with Crippen molar-refractivity contribution >= 4 is 11.5 Å². The second-order valence-electron chi connectivity index (χ2n) is 14.9. The number of benzene rings is 8. The summed E-state index contributed by atoms with van der Waals surface area (Å²) < 4.78 is 0. The minimum atomic E-state index is -0.363. The number of aliphatic imine (C=N–C) groups is 1. The van der Waals surface area contributed by atoms with E-state index in [0.29, 0.717) is 5.84 Å². The highest BCUT2D eigenvalue weighted by atomic mass is 14.9. The number of hydrogen-bond acceptors (Lipinski definition) is 1. The van der Waals surface area contributed by atoms with Gasteiger partial charge in [-0.2, -0.15) is 0 Å². The van der Waals surface area contributed by atoms with Crippen LogP contribution in [-0.2, 0) is 5.41 Å². The van der Waals surface area contributed by atoms with E-state index in [1.165, 1.54) is 66.8 Å². The Kier molecular flexibility index (Phi) is 8.19. The zero-order chi connectivity index (χ0) is 37.6. The standard InChI is InChI=1S/C54H40N2/c1-36(37-16-4-2-5-17-37)34-51(56-53(55)40-18-6-3-7-19-40)39-32-30-38(31-33-39)41-20-14-21-42(35-41)43-25-15-29-50-52(43)46-24-10-13-28-49(46)54(50)47-26-11-8-22-44(47)45-23-9-12-27-48(45)54/h2-36H,1H3,(H2,55,56)/b51-34-. The van der Waals surface area contributed by atoms with Crippen LogP contribution < -0.4 is 5.73 Å². The summed E-state index contributed by atoms with van der Waals surface area (Å²) in [6, 6.07) is 72.1. The molecule has 2 N–H and O–H groups in total. The molecule has 1 spiro atoms. The molecule has 0 aliphatic heterocycles. The first-order chi connectivity index (χ1) is 27.6. The predicted octanol–water partition coefficient (Wildman–Crippen LogP) is 12.9. The van der Waals surface area contributed by atoms with Gasteiger partial charge in [0.2, 0.25) is 0 Å². The van der Waals surface area contributed by atoms with Gasteiger partial charge in [0.1, 0.15) is 5.84 Å². The van der Waals surface area contributed by atoms with Gasteiger partial charge in [-0.05, 0) is 84.0 Å². The molecule has 8 aromatic rings. The lowest BCUT2D eigenvalue weighted by atomic mass is 9.70. The number of hydrogen-bond donors (Lipinski definition) is 1. The van der Waals surface area contributed by atoms with Crippen molar-refractivity contribution < 1.29 is 0 Å². The third-order valence-electron chi connectivity index (χ3n) is 11.8. The Morgan fingerprint density at radius 3 is 1.66 bits per heavy atom. The van der Waals surface area contributed by atoms with Crippen molar-refractivity contribution in [3.63, 3.8) is 0 Å². The Balaban J connectivity index is 1.06. The van der Waals surface area contributed by atoms with Crippen molar-refractivity contribution in [1.82, 2.24) is 0 Å². The lowest BCUT2D eigenvalue weighted by Crippen LogP contribution is -2.25. The van der Waals surface area contributed by atoms with Crippen LogP contribution in [0.5, 0.6) is 0 Å². The largest absolute Gasteiger partial charge is 0.383 e. The average molecular weight is 717 g/mol. The fourth-order valence-corrected chi connectivity index (χ4v) is 9.17.